The maximum absolute atomic E-state index is 12.5. The van der Waals surface area contributed by atoms with Crippen LogP contribution in [0.4, 0.5) is 0 Å². The van der Waals surface area contributed by atoms with Crippen molar-refractivity contribution in [3.63, 3.8) is 0 Å². The largest absolute Gasteiger partial charge is 0.467 e. The van der Waals surface area contributed by atoms with E-state index in [9.17, 15) is 9.59 Å². The number of carbonyl (C=O) groups excluding carboxylic acids is 2. The van der Waals surface area contributed by atoms with E-state index in [2.05, 4.69) is 10.6 Å². The van der Waals surface area contributed by atoms with E-state index >= 15 is 0 Å². The second kappa shape index (κ2) is 7.74. The van der Waals surface area contributed by atoms with Crippen molar-refractivity contribution in [2.75, 3.05) is 14.2 Å². The molecule has 8 heteroatoms. The normalized spacial score (nSPS) is 29.1. The Hall–Kier alpha value is -1.28. The zero-order valence-electron chi connectivity index (χ0n) is 15.0. The molecule has 1 saturated heterocycles. The molecule has 0 bridgehead atoms. The van der Waals surface area contributed by atoms with Gasteiger partial charge in [-0.3, -0.25) is 0 Å². The van der Waals surface area contributed by atoms with Crippen LogP contribution in [0.1, 0.15) is 40.5 Å². The molecule has 0 saturated carbocycles. The van der Waals surface area contributed by atoms with Gasteiger partial charge in [-0.1, -0.05) is 65.0 Å². The summed E-state index contributed by atoms with van der Waals surface area (Å²) in [7, 11) is 2.60. The monoisotopic (exact) mass is 374 g/mol. The first kappa shape index (κ1) is 20.8. The van der Waals surface area contributed by atoms with E-state index in [4.69, 9.17) is 33.9 Å². The number of ether oxygens (including phenoxy) is 2. The summed E-state index contributed by atoms with van der Waals surface area (Å²) in [5.74, 6) is -1.43. The maximum Gasteiger partial charge on any atom is 0.338 e. The van der Waals surface area contributed by atoms with Gasteiger partial charge in [-0.15, -0.1) is 0 Å². The second-order valence-electron chi connectivity index (χ2n) is 6.13. The van der Waals surface area contributed by atoms with Crippen molar-refractivity contribution >= 4 is 46.4 Å². The smallest absolute Gasteiger partial charge is 0.338 e. The van der Waals surface area contributed by atoms with Gasteiger partial charge in [0, 0.05) is 0 Å². The Bertz CT molecular complexity index is 506. The fraction of sp³-hybridized carbons (Fsp3) is 0.750. The van der Waals surface area contributed by atoms with Crippen LogP contribution in [0, 0.1) is 11.8 Å². The maximum atomic E-state index is 12.5. The summed E-state index contributed by atoms with van der Waals surface area (Å²) < 4.78 is 9.94. The summed E-state index contributed by atoms with van der Waals surface area (Å²) in [5.41, 5.74) is -2.58. The molecule has 1 rings (SSSR count). The fourth-order valence-electron chi connectivity index (χ4n) is 2.99. The second-order valence-corrected chi connectivity index (χ2v) is 6.94. The molecule has 0 spiro atoms. The number of thiocarbonyl (C=S) groups is 2. The van der Waals surface area contributed by atoms with Crippen LogP contribution in [0.2, 0.25) is 0 Å². The van der Waals surface area contributed by atoms with Gasteiger partial charge in [0.2, 0.25) is 0 Å². The number of nitrogens with one attached hydrogen (secondary N) is 2. The first-order valence-electron chi connectivity index (χ1n) is 8.00. The van der Waals surface area contributed by atoms with Crippen LogP contribution in [0.5, 0.6) is 0 Å². The topological polar surface area (TPSA) is 76.7 Å². The van der Waals surface area contributed by atoms with Gasteiger partial charge in [0.25, 0.3) is 0 Å². The Morgan fingerprint density at radius 3 is 1.42 bits per heavy atom. The summed E-state index contributed by atoms with van der Waals surface area (Å²) in [5, 5.41) is 6.11. The third-order valence-corrected chi connectivity index (χ3v) is 5.90. The molecule has 0 aromatic carbocycles. The van der Waals surface area contributed by atoms with Crippen molar-refractivity contribution < 1.29 is 19.1 Å². The minimum Gasteiger partial charge on any atom is -0.467 e. The number of methoxy groups -OCH3 is 2. The Labute approximate surface area is 154 Å². The van der Waals surface area contributed by atoms with Crippen LogP contribution in [-0.2, 0) is 19.1 Å². The van der Waals surface area contributed by atoms with E-state index in [1.807, 2.05) is 27.7 Å². The van der Waals surface area contributed by atoms with E-state index in [0.717, 1.165) is 0 Å². The van der Waals surface area contributed by atoms with Crippen LogP contribution in [0.3, 0.4) is 0 Å². The quantitative estimate of drug-likeness (QED) is 0.538. The molecule has 6 nitrogen and oxygen atoms in total. The van der Waals surface area contributed by atoms with Crippen LogP contribution in [-0.4, -0.2) is 47.2 Å². The van der Waals surface area contributed by atoms with Crippen LogP contribution in [0.25, 0.3) is 0 Å². The highest BCUT2D eigenvalue weighted by molar-refractivity contribution is 7.81. The third-order valence-electron chi connectivity index (χ3n) is 5.06. The van der Waals surface area contributed by atoms with Gasteiger partial charge in [-0.25, -0.2) is 9.59 Å². The van der Waals surface area contributed by atoms with E-state index in [0.29, 0.717) is 12.8 Å². The molecule has 136 valence electrons. The Balaban J connectivity index is 3.48. The molecular formula is C16H26N2O4S2. The van der Waals surface area contributed by atoms with Crippen molar-refractivity contribution in [2.24, 2.45) is 11.8 Å². The molecule has 1 aliphatic heterocycles. The zero-order chi connectivity index (χ0) is 18.7. The summed E-state index contributed by atoms with van der Waals surface area (Å²) in [6, 6.07) is 0. The van der Waals surface area contributed by atoms with Crippen molar-refractivity contribution in [3.8, 4) is 0 Å². The van der Waals surface area contributed by atoms with Crippen molar-refractivity contribution in [1.29, 1.82) is 0 Å². The Morgan fingerprint density at radius 2 is 1.21 bits per heavy atom. The minimum atomic E-state index is -1.29. The highest BCUT2D eigenvalue weighted by Crippen LogP contribution is 2.34. The molecule has 0 aliphatic carbocycles. The van der Waals surface area contributed by atoms with Gasteiger partial charge < -0.3 is 20.1 Å². The average molecular weight is 375 g/mol. The summed E-state index contributed by atoms with van der Waals surface area (Å²) in [6.45, 7) is 7.66. The van der Waals surface area contributed by atoms with Gasteiger partial charge in [-0.05, 0) is 11.8 Å². The molecule has 1 heterocycles. The molecule has 0 aromatic heterocycles. The number of rotatable bonds is 6. The Morgan fingerprint density at radius 1 is 0.917 bits per heavy atom. The molecule has 2 N–H and O–H groups in total. The lowest BCUT2D eigenvalue weighted by molar-refractivity contribution is -0.150. The van der Waals surface area contributed by atoms with Crippen LogP contribution < -0.4 is 10.6 Å². The van der Waals surface area contributed by atoms with Gasteiger partial charge in [0.15, 0.2) is 11.1 Å². The molecular weight excluding hydrogens is 348 g/mol. The number of hydrogen-bond donors (Lipinski definition) is 2. The fourth-order valence-corrected chi connectivity index (χ4v) is 3.98. The highest BCUT2D eigenvalue weighted by Gasteiger charge is 2.61. The van der Waals surface area contributed by atoms with E-state index < -0.39 is 23.0 Å². The third kappa shape index (κ3) is 2.90. The molecule has 4 atom stereocenters. The molecule has 0 radical (unpaired) electrons. The van der Waals surface area contributed by atoms with E-state index in [-0.39, 0.29) is 21.8 Å². The molecule has 0 unspecified atom stereocenters. The van der Waals surface area contributed by atoms with Gasteiger partial charge >= 0.3 is 11.9 Å². The predicted molar refractivity (Wildman–Crippen MR) is 99.9 cm³/mol. The van der Waals surface area contributed by atoms with E-state index in [1.165, 1.54) is 14.2 Å². The predicted octanol–water partition coefficient (Wildman–Crippen LogP) is 1.75. The number of hydrogen-bond acceptors (Lipinski definition) is 6. The van der Waals surface area contributed by atoms with Gasteiger partial charge in [-0.2, -0.15) is 0 Å². The first-order valence-corrected chi connectivity index (χ1v) is 8.82. The van der Waals surface area contributed by atoms with Gasteiger partial charge in [0.1, 0.15) is 9.98 Å². The van der Waals surface area contributed by atoms with Crippen LogP contribution in [0.15, 0.2) is 0 Å². The molecule has 1 fully saturated rings. The molecule has 1 aliphatic rings. The summed E-state index contributed by atoms with van der Waals surface area (Å²) in [4.78, 5) is 25.5. The SMILES string of the molecule is CC[C@H](C)[C@]1(C(=O)OC)NC(=S)[C@](C(=O)OC)([C@@H](C)CC)NC1=S. The number of esters is 2. The van der Waals surface area contributed by atoms with Crippen molar-refractivity contribution in [2.45, 2.75) is 51.6 Å². The lowest BCUT2D eigenvalue weighted by atomic mass is 9.74. The standard InChI is InChI=1S/C16H26N2O4S2/c1-7-9(3)15(13(19)21-5)11(23)18-16(10(4)8-2,12(24)17-15)14(20)22-6/h9-10H,7-8H2,1-6H3,(H,17,24)(H,18,23)/t9-,10-,15-,16-/m0/s1. The summed E-state index contributed by atoms with van der Waals surface area (Å²) in [6.07, 6.45) is 1.34. The lowest BCUT2D eigenvalue weighted by Crippen LogP contribution is -2.81. The van der Waals surface area contributed by atoms with Crippen molar-refractivity contribution in [3.05, 3.63) is 0 Å². The lowest BCUT2D eigenvalue weighted by Gasteiger charge is -2.50. The molecule has 24 heavy (non-hydrogen) atoms. The zero-order valence-corrected chi connectivity index (χ0v) is 16.7. The Kier molecular flexibility index (Phi) is 6.69. The molecule has 0 aromatic rings. The average Bonchev–Trinajstić information content (AvgIpc) is 2.60. The minimum absolute atomic E-state index is 0.185. The summed E-state index contributed by atoms with van der Waals surface area (Å²) >= 11 is 11.0. The van der Waals surface area contributed by atoms with Crippen molar-refractivity contribution in [1.82, 2.24) is 10.6 Å². The highest BCUT2D eigenvalue weighted by atomic mass is 32.1. The van der Waals surface area contributed by atoms with E-state index in [1.54, 1.807) is 0 Å². The number of piperazine rings is 1. The number of carbonyl (C=O) groups is 2. The van der Waals surface area contributed by atoms with Gasteiger partial charge in [0.05, 0.1) is 14.2 Å². The molecule has 0 amide bonds. The first-order chi connectivity index (χ1) is 11.2. The van der Waals surface area contributed by atoms with Crippen LogP contribution >= 0.6 is 24.4 Å².